The minimum atomic E-state index is -1.14. The number of carbonyl (C=O) groups is 1. The summed E-state index contributed by atoms with van der Waals surface area (Å²) in [6, 6.07) is 15.6. The lowest BCUT2D eigenvalue weighted by Crippen LogP contribution is -2.51. The second kappa shape index (κ2) is 11.0. The predicted molar refractivity (Wildman–Crippen MR) is 133 cm³/mol. The molecule has 0 amide bonds. The van der Waals surface area contributed by atoms with Gasteiger partial charge in [0, 0.05) is 17.8 Å². The molecule has 10 nitrogen and oxygen atoms in total. The lowest BCUT2D eigenvalue weighted by atomic mass is 10.2. The van der Waals surface area contributed by atoms with Crippen LogP contribution in [0.15, 0.2) is 81.4 Å². The van der Waals surface area contributed by atoms with Crippen LogP contribution in [0.3, 0.4) is 0 Å². The van der Waals surface area contributed by atoms with Crippen molar-refractivity contribution in [2.75, 3.05) is 0 Å². The summed E-state index contributed by atoms with van der Waals surface area (Å²) in [6.07, 6.45) is 1.40. The molecule has 0 spiro atoms. The van der Waals surface area contributed by atoms with Crippen LogP contribution in [0.5, 0.6) is 11.6 Å². The number of aliphatic carboxylic acids is 1. The molecule has 12 heteroatoms. The van der Waals surface area contributed by atoms with Crippen molar-refractivity contribution < 1.29 is 19.0 Å². The Balaban J connectivity index is 1.75. The second-order valence-electron chi connectivity index (χ2n) is 8.10. The Morgan fingerprint density at radius 3 is 2.49 bits per heavy atom. The Labute approximate surface area is 213 Å². The quantitative estimate of drug-likeness (QED) is 0.363. The molecule has 0 radical (unpaired) electrons. The Morgan fingerprint density at radius 1 is 1.14 bits per heavy atom. The third-order valence-corrected chi connectivity index (χ3v) is 5.58. The lowest BCUT2D eigenvalue weighted by Gasteiger charge is -2.13. The van der Waals surface area contributed by atoms with Gasteiger partial charge in [-0.2, -0.15) is 0 Å². The van der Waals surface area contributed by atoms with Crippen molar-refractivity contribution in [2.45, 2.75) is 20.0 Å². The first-order chi connectivity index (χ1) is 17.7. The molecule has 190 valence electrons. The number of carboxylic acid groups (broad SMARTS) is 1. The van der Waals surface area contributed by atoms with E-state index in [0.717, 1.165) is 4.57 Å². The summed E-state index contributed by atoms with van der Waals surface area (Å²) < 4.78 is 21.3. The van der Waals surface area contributed by atoms with E-state index in [1.165, 1.54) is 42.0 Å². The van der Waals surface area contributed by atoms with E-state index >= 15 is 0 Å². The minimum absolute atomic E-state index is 0.0349. The van der Waals surface area contributed by atoms with Crippen LogP contribution in [0.4, 0.5) is 10.1 Å². The summed E-state index contributed by atoms with van der Waals surface area (Å²) in [5.74, 6) is -2.61. The maximum atomic E-state index is 13.8. The molecule has 0 aliphatic carbocycles. The largest absolute Gasteiger partial charge is 0.481 e. The highest BCUT2D eigenvalue weighted by atomic mass is 35.5. The van der Waals surface area contributed by atoms with Crippen LogP contribution in [0.2, 0.25) is 5.02 Å². The number of carboxylic acids is 1. The van der Waals surface area contributed by atoms with E-state index in [2.05, 4.69) is 15.0 Å². The fourth-order valence-corrected chi connectivity index (χ4v) is 3.46. The molecular formula is C25H21ClFN5O5. The number of rotatable bonds is 8. The van der Waals surface area contributed by atoms with Gasteiger partial charge < -0.3 is 9.84 Å². The Hall–Kier alpha value is -4.51. The highest BCUT2D eigenvalue weighted by molar-refractivity contribution is 6.30. The van der Waals surface area contributed by atoms with Crippen molar-refractivity contribution in [3.05, 3.63) is 110 Å². The molecule has 0 saturated heterocycles. The topological polar surface area (TPSA) is 132 Å². The highest BCUT2D eigenvalue weighted by Gasteiger charge is 2.17. The van der Waals surface area contributed by atoms with Gasteiger partial charge in [-0.25, -0.2) is 28.5 Å². The number of ether oxygens (including phenoxy) is 1. The smallest absolute Gasteiger partial charge is 0.335 e. The molecule has 2 aromatic heterocycles. The molecule has 4 aromatic rings. The number of aromatic amines is 1. The predicted octanol–water partition coefficient (Wildman–Crippen LogP) is 3.32. The number of aromatic nitrogens is 4. The molecule has 0 bridgehead atoms. The Bertz CT molecular complexity index is 1610. The van der Waals surface area contributed by atoms with E-state index < -0.39 is 29.1 Å². The molecule has 0 aliphatic heterocycles. The molecule has 2 aromatic carbocycles. The summed E-state index contributed by atoms with van der Waals surface area (Å²) in [5.41, 5.74) is -0.501. The average molecular weight is 526 g/mol. The standard InChI is InChI=1S/C25H21ClFN5O5/c1-15(22(33)34)13-32-24(35)30-23(31(25(32)36)14-16-4-6-17(26)7-5-16)29-18-8-10-19(11-9-18)37-21-20(27)3-2-12-28-21/h2-12,15H,13-14H2,1H3,(H,33,34)(H,29,30,35)/t15-/m0/s1. The second-order valence-corrected chi connectivity index (χ2v) is 8.53. The molecule has 4 rings (SSSR count). The van der Waals surface area contributed by atoms with Gasteiger partial charge in [0.1, 0.15) is 5.75 Å². The van der Waals surface area contributed by atoms with Crippen LogP contribution in [0.25, 0.3) is 0 Å². The summed E-state index contributed by atoms with van der Waals surface area (Å²) in [6.45, 7) is 1.12. The van der Waals surface area contributed by atoms with E-state index in [1.807, 2.05) is 0 Å². The first-order valence-corrected chi connectivity index (χ1v) is 11.4. The van der Waals surface area contributed by atoms with Crippen LogP contribution >= 0.6 is 11.6 Å². The first-order valence-electron chi connectivity index (χ1n) is 11.1. The van der Waals surface area contributed by atoms with Crippen molar-refractivity contribution in [3.63, 3.8) is 0 Å². The molecule has 2 heterocycles. The molecule has 0 aliphatic rings. The van der Waals surface area contributed by atoms with E-state index in [0.29, 0.717) is 22.0 Å². The van der Waals surface area contributed by atoms with Crippen LogP contribution in [0.1, 0.15) is 12.5 Å². The average Bonchev–Trinajstić information content (AvgIpc) is 2.87. The monoisotopic (exact) mass is 525 g/mol. The number of halogens is 2. The van der Waals surface area contributed by atoms with Crippen molar-refractivity contribution in [3.8, 4) is 11.6 Å². The summed E-state index contributed by atoms with van der Waals surface area (Å²) >= 11 is 5.96. The molecule has 0 saturated carbocycles. The third kappa shape index (κ3) is 6.19. The third-order valence-electron chi connectivity index (χ3n) is 5.32. The van der Waals surface area contributed by atoms with Crippen LogP contribution in [0, 0.1) is 11.7 Å². The summed E-state index contributed by atoms with van der Waals surface area (Å²) in [7, 11) is 0. The number of benzene rings is 2. The van der Waals surface area contributed by atoms with Crippen LogP contribution in [-0.2, 0) is 17.9 Å². The van der Waals surface area contributed by atoms with Crippen LogP contribution in [-0.4, -0.2) is 30.2 Å². The van der Waals surface area contributed by atoms with Gasteiger partial charge in [-0.15, -0.1) is 0 Å². The highest BCUT2D eigenvalue weighted by Crippen LogP contribution is 2.24. The zero-order chi connectivity index (χ0) is 26.5. The van der Waals surface area contributed by atoms with Gasteiger partial charge >= 0.3 is 17.3 Å². The Morgan fingerprint density at radius 2 is 1.84 bits per heavy atom. The summed E-state index contributed by atoms with van der Waals surface area (Å²) in [5, 5.41) is 9.75. The molecule has 0 unspecified atom stereocenters. The van der Waals surface area contributed by atoms with Gasteiger partial charge in [-0.05, 0) is 54.1 Å². The van der Waals surface area contributed by atoms with Gasteiger partial charge in [0.25, 0.3) is 5.88 Å². The van der Waals surface area contributed by atoms with Crippen molar-refractivity contribution in [2.24, 2.45) is 10.9 Å². The Kier molecular flexibility index (Phi) is 7.63. The lowest BCUT2D eigenvalue weighted by molar-refractivity contribution is -0.141. The van der Waals surface area contributed by atoms with E-state index in [9.17, 15) is 23.9 Å². The molecule has 37 heavy (non-hydrogen) atoms. The maximum absolute atomic E-state index is 13.8. The minimum Gasteiger partial charge on any atom is -0.481 e. The fraction of sp³-hybridized carbons (Fsp3) is 0.160. The normalized spacial score (nSPS) is 12.4. The van der Waals surface area contributed by atoms with E-state index in [4.69, 9.17) is 16.3 Å². The number of hydrogen-bond donors (Lipinski definition) is 2. The molecular weight excluding hydrogens is 505 g/mol. The van der Waals surface area contributed by atoms with Crippen molar-refractivity contribution in [1.29, 1.82) is 0 Å². The number of nitrogens with zero attached hydrogens (tertiary/aromatic N) is 4. The van der Waals surface area contributed by atoms with Gasteiger partial charge in [-0.1, -0.05) is 30.7 Å². The van der Waals surface area contributed by atoms with Crippen molar-refractivity contribution in [1.82, 2.24) is 19.1 Å². The van der Waals surface area contributed by atoms with Gasteiger partial charge in [0.15, 0.2) is 5.82 Å². The SMILES string of the molecule is C[C@@H](Cn1c(=O)[nH]/c(=N\c2ccc(Oc3ncccc3F)cc2)n(Cc2ccc(Cl)cc2)c1=O)C(=O)O. The maximum Gasteiger partial charge on any atom is 0.335 e. The van der Waals surface area contributed by atoms with Gasteiger partial charge in [0.05, 0.1) is 18.2 Å². The molecule has 0 fully saturated rings. The van der Waals surface area contributed by atoms with Crippen LogP contribution < -0.4 is 21.7 Å². The summed E-state index contributed by atoms with van der Waals surface area (Å²) in [4.78, 5) is 48.1. The number of pyridine rings is 1. The zero-order valence-corrected chi connectivity index (χ0v) is 20.2. The zero-order valence-electron chi connectivity index (χ0n) is 19.5. The van der Waals surface area contributed by atoms with Gasteiger partial charge in [0.2, 0.25) is 5.62 Å². The number of hydrogen-bond acceptors (Lipinski definition) is 6. The number of nitrogens with one attached hydrogen (secondary N) is 1. The molecule has 2 N–H and O–H groups in total. The fourth-order valence-electron chi connectivity index (χ4n) is 3.34. The molecule has 1 atom stereocenters. The van der Waals surface area contributed by atoms with Crippen molar-refractivity contribution >= 4 is 23.3 Å². The first kappa shape index (κ1) is 25.6. The number of H-pyrrole nitrogens is 1. The van der Waals surface area contributed by atoms with Gasteiger partial charge in [-0.3, -0.25) is 14.3 Å². The van der Waals surface area contributed by atoms with E-state index in [1.54, 1.807) is 36.4 Å². The van der Waals surface area contributed by atoms with E-state index in [-0.39, 0.29) is 24.6 Å².